The van der Waals surface area contributed by atoms with E-state index >= 15 is 0 Å². The fourth-order valence-electron chi connectivity index (χ4n) is 2.92. The Balaban J connectivity index is 1.57. The number of carbonyl (C=O) groups is 1. The van der Waals surface area contributed by atoms with Gasteiger partial charge >= 0.3 is 0 Å². The standard InChI is InChI=1S/C20H19N7O/c1-14-7-9-17(10-8-14)27-15(2)19(24-25-27)20(28)23-18-6-4-3-5-16(18)11-26-13-21-12-22-26/h3-10,12-13H,11H2,1-2H3,(H,23,28). The molecule has 8 heteroatoms. The molecule has 4 aromatic rings. The van der Waals surface area contributed by atoms with Gasteiger partial charge < -0.3 is 5.32 Å². The molecule has 0 unspecified atom stereocenters. The number of aromatic nitrogens is 6. The Bertz CT molecular complexity index is 1100. The van der Waals surface area contributed by atoms with E-state index in [0.717, 1.165) is 16.8 Å². The van der Waals surface area contributed by atoms with Gasteiger partial charge in [0.25, 0.3) is 5.91 Å². The van der Waals surface area contributed by atoms with Gasteiger partial charge in [-0.3, -0.25) is 4.79 Å². The smallest absolute Gasteiger partial charge is 0.278 e. The summed E-state index contributed by atoms with van der Waals surface area (Å²) in [6.07, 6.45) is 3.11. The van der Waals surface area contributed by atoms with Crippen molar-refractivity contribution in [2.24, 2.45) is 0 Å². The first-order valence-electron chi connectivity index (χ1n) is 8.83. The third kappa shape index (κ3) is 3.52. The number of benzene rings is 2. The van der Waals surface area contributed by atoms with E-state index in [0.29, 0.717) is 17.9 Å². The maximum absolute atomic E-state index is 12.8. The fourth-order valence-corrected chi connectivity index (χ4v) is 2.92. The van der Waals surface area contributed by atoms with Crippen LogP contribution in [0, 0.1) is 13.8 Å². The molecule has 2 aromatic carbocycles. The highest BCUT2D eigenvalue weighted by molar-refractivity contribution is 6.04. The summed E-state index contributed by atoms with van der Waals surface area (Å²) < 4.78 is 3.36. The second-order valence-electron chi connectivity index (χ2n) is 6.48. The molecule has 0 bridgehead atoms. The second-order valence-corrected chi connectivity index (χ2v) is 6.48. The second kappa shape index (κ2) is 7.43. The molecule has 0 aliphatic heterocycles. The molecule has 0 aliphatic carbocycles. The first-order valence-corrected chi connectivity index (χ1v) is 8.83. The molecule has 0 saturated carbocycles. The van der Waals surface area contributed by atoms with Crippen LogP contribution >= 0.6 is 0 Å². The summed E-state index contributed by atoms with van der Waals surface area (Å²) in [4.78, 5) is 16.8. The van der Waals surface area contributed by atoms with Gasteiger partial charge in [0.2, 0.25) is 0 Å². The molecular formula is C20H19N7O. The molecule has 2 aromatic heterocycles. The van der Waals surface area contributed by atoms with Crippen LogP contribution in [0.3, 0.4) is 0 Å². The molecule has 140 valence electrons. The van der Waals surface area contributed by atoms with Crippen LogP contribution in [-0.2, 0) is 6.54 Å². The van der Waals surface area contributed by atoms with E-state index in [1.54, 1.807) is 15.7 Å². The van der Waals surface area contributed by atoms with Crippen molar-refractivity contribution in [1.29, 1.82) is 0 Å². The van der Waals surface area contributed by atoms with Gasteiger partial charge in [0.15, 0.2) is 5.69 Å². The highest BCUT2D eigenvalue weighted by Crippen LogP contribution is 2.19. The molecule has 8 nitrogen and oxygen atoms in total. The Labute approximate surface area is 161 Å². The van der Waals surface area contributed by atoms with Crippen LogP contribution in [-0.4, -0.2) is 35.7 Å². The number of nitrogens with zero attached hydrogens (tertiary/aromatic N) is 6. The molecule has 0 aliphatic rings. The van der Waals surface area contributed by atoms with Crippen LogP contribution in [0.2, 0.25) is 0 Å². The SMILES string of the molecule is Cc1ccc(-n2nnc(C(=O)Nc3ccccc3Cn3cncn3)c2C)cc1. The first-order chi connectivity index (χ1) is 13.6. The summed E-state index contributed by atoms with van der Waals surface area (Å²) in [5, 5.41) is 15.3. The number of aryl methyl sites for hydroxylation is 1. The lowest BCUT2D eigenvalue weighted by Gasteiger charge is -2.10. The fraction of sp³-hybridized carbons (Fsp3) is 0.150. The van der Waals surface area contributed by atoms with Crippen molar-refractivity contribution < 1.29 is 4.79 Å². The monoisotopic (exact) mass is 373 g/mol. The minimum atomic E-state index is -0.304. The van der Waals surface area contributed by atoms with Crippen molar-refractivity contribution in [2.75, 3.05) is 5.32 Å². The van der Waals surface area contributed by atoms with Crippen molar-refractivity contribution in [3.05, 3.63) is 83.7 Å². The molecule has 0 fully saturated rings. The predicted molar refractivity (Wildman–Crippen MR) is 104 cm³/mol. The number of amides is 1. The van der Waals surface area contributed by atoms with Gasteiger partial charge in [0.1, 0.15) is 12.7 Å². The van der Waals surface area contributed by atoms with Crippen LogP contribution in [0.15, 0.2) is 61.2 Å². The maximum Gasteiger partial charge on any atom is 0.278 e. The minimum absolute atomic E-state index is 0.288. The van der Waals surface area contributed by atoms with E-state index in [9.17, 15) is 4.79 Å². The Kier molecular flexibility index (Phi) is 4.67. The van der Waals surface area contributed by atoms with Crippen molar-refractivity contribution in [3.63, 3.8) is 0 Å². The minimum Gasteiger partial charge on any atom is -0.320 e. The highest BCUT2D eigenvalue weighted by Gasteiger charge is 2.18. The molecule has 0 atom stereocenters. The molecule has 0 saturated heterocycles. The molecule has 4 rings (SSSR count). The van der Waals surface area contributed by atoms with Gasteiger partial charge in [-0.1, -0.05) is 41.1 Å². The maximum atomic E-state index is 12.8. The van der Waals surface area contributed by atoms with Crippen LogP contribution in [0.1, 0.15) is 27.3 Å². The van der Waals surface area contributed by atoms with Crippen LogP contribution in [0.5, 0.6) is 0 Å². The molecule has 2 heterocycles. The van der Waals surface area contributed by atoms with Crippen molar-refractivity contribution in [1.82, 2.24) is 29.8 Å². The number of anilines is 1. The van der Waals surface area contributed by atoms with Crippen LogP contribution in [0.4, 0.5) is 5.69 Å². The van der Waals surface area contributed by atoms with Gasteiger partial charge in [-0.05, 0) is 37.6 Å². The van der Waals surface area contributed by atoms with E-state index in [-0.39, 0.29) is 11.6 Å². The Hall–Kier alpha value is -3.81. The molecule has 1 amide bonds. The van der Waals surface area contributed by atoms with E-state index in [2.05, 4.69) is 25.7 Å². The number of rotatable bonds is 5. The van der Waals surface area contributed by atoms with Crippen molar-refractivity contribution in [2.45, 2.75) is 20.4 Å². The average Bonchev–Trinajstić information content (AvgIpc) is 3.34. The summed E-state index contributed by atoms with van der Waals surface area (Å²) in [6.45, 7) is 4.36. The molecular weight excluding hydrogens is 354 g/mol. The van der Waals surface area contributed by atoms with Crippen LogP contribution in [0.25, 0.3) is 5.69 Å². The Morgan fingerprint density at radius 2 is 1.86 bits per heavy atom. The lowest BCUT2D eigenvalue weighted by atomic mass is 10.1. The molecule has 1 N–H and O–H groups in total. The first kappa shape index (κ1) is 17.6. The molecule has 0 spiro atoms. The number of carbonyl (C=O) groups excluding carboxylic acids is 1. The van der Waals surface area contributed by atoms with Gasteiger partial charge in [-0.15, -0.1) is 5.10 Å². The van der Waals surface area contributed by atoms with Gasteiger partial charge in [-0.2, -0.15) is 5.10 Å². The predicted octanol–water partition coefficient (Wildman–Crippen LogP) is 2.78. The largest absolute Gasteiger partial charge is 0.320 e. The lowest BCUT2D eigenvalue weighted by Crippen LogP contribution is -2.16. The Morgan fingerprint density at radius 1 is 1.07 bits per heavy atom. The zero-order valence-corrected chi connectivity index (χ0v) is 15.6. The Morgan fingerprint density at radius 3 is 2.61 bits per heavy atom. The topological polar surface area (TPSA) is 90.5 Å². The third-order valence-electron chi connectivity index (χ3n) is 4.45. The molecule has 0 radical (unpaired) electrons. The van der Waals surface area contributed by atoms with Crippen LogP contribution < -0.4 is 5.32 Å². The van der Waals surface area contributed by atoms with E-state index in [1.165, 1.54) is 6.33 Å². The quantitative estimate of drug-likeness (QED) is 0.581. The van der Waals surface area contributed by atoms with E-state index < -0.39 is 0 Å². The third-order valence-corrected chi connectivity index (χ3v) is 4.45. The normalized spacial score (nSPS) is 10.8. The summed E-state index contributed by atoms with van der Waals surface area (Å²) >= 11 is 0. The zero-order valence-electron chi connectivity index (χ0n) is 15.6. The van der Waals surface area contributed by atoms with Gasteiger partial charge in [0.05, 0.1) is 17.9 Å². The van der Waals surface area contributed by atoms with Crippen molar-refractivity contribution in [3.8, 4) is 5.69 Å². The van der Waals surface area contributed by atoms with E-state index in [1.807, 2.05) is 62.4 Å². The van der Waals surface area contributed by atoms with Crippen molar-refractivity contribution >= 4 is 11.6 Å². The number of hydrogen-bond acceptors (Lipinski definition) is 5. The molecule has 28 heavy (non-hydrogen) atoms. The summed E-state index contributed by atoms with van der Waals surface area (Å²) in [5.74, 6) is -0.304. The lowest BCUT2D eigenvalue weighted by molar-refractivity contribution is 0.102. The van der Waals surface area contributed by atoms with Gasteiger partial charge in [0, 0.05) is 5.69 Å². The summed E-state index contributed by atoms with van der Waals surface area (Å²) in [5.41, 5.74) is 4.60. The average molecular weight is 373 g/mol. The highest BCUT2D eigenvalue weighted by atomic mass is 16.2. The summed E-state index contributed by atoms with van der Waals surface area (Å²) in [7, 11) is 0. The number of para-hydroxylation sites is 1. The number of nitrogens with one attached hydrogen (secondary N) is 1. The number of hydrogen-bond donors (Lipinski definition) is 1. The summed E-state index contributed by atoms with van der Waals surface area (Å²) in [6, 6.07) is 15.5. The zero-order chi connectivity index (χ0) is 19.5. The van der Waals surface area contributed by atoms with E-state index in [4.69, 9.17) is 0 Å². The van der Waals surface area contributed by atoms with Gasteiger partial charge in [-0.25, -0.2) is 14.3 Å².